The van der Waals surface area contributed by atoms with E-state index in [9.17, 15) is 13.5 Å². The Balaban J connectivity index is 1.73. The highest BCUT2D eigenvalue weighted by Crippen LogP contribution is 2.29. The molecule has 2 N–H and O–H groups in total. The molecule has 21 heavy (non-hydrogen) atoms. The lowest BCUT2D eigenvalue weighted by molar-refractivity contribution is 0.186. The second kappa shape index (κ2) is 5.86. The molecule has 3 rings (SSSR count). The largest absolute Gasteiger partial charge is 0.386 e. The minimum absolute atomic E-state index is 0.0347. The summed E-state index contributed by atoms with van der Waals surface area (Å²) in [5.74, 6) is 0. The first-order valence-corrected chi connectivity index (χ1v) is 9.44. The van der Waals surface area contributed by atoms with Gasteiger partial charge in [-0.1, -0.05) is 24.3 Å². The molecule has 0 saturated heterocycles. The standard InChI is InChI=1S/C14H13NO3S3/c16-11(9-15-21(17,18)14-6-3-7-19-14)13-8-10-4-1-2-5-12(10)20-13/h1-8,11,15-16H,9H2/t11-/m1/s1. The van der Waals surface area contributed by atoms with E-state index in [4.69, 9.17) is 0 Å². The van der Waals surface area contributed by atoms with Gasteiger partial charge in [0.25, 0.3) is 0 Å². The van der Waals surface area contributed by atoms with Gasteiger partial charge in [-0.05, 0) is 29.0 Å². The van der Waals surface area contributed by atoms with E-state index >= 15 is 0 Å². The molecule has 0 saturated carbocycles. The van der Waals surface area contributed by atoms with Crippen LogP contribution in [-0.4, -0.2) is 20.1 Å². The Hall–Kier alpha value is -1.25. The van der Waals surface area contributed by atoms with Crippen molar-refractivity contribution >= 4 is 42.8 Å². The molecule has 0 aliphatic carbocycles. The van der Waals surface area contributed by atoms with Crippen LogP contribution in [-0.2, 0) is 10.0 Å². The van der Waals surface area contributed by atoms with E-state index in [1.165, 1.54) is 11.3 Å². The summed E-state index contributed by atoms with van der Waals surface area (Å²) in [5.41, 5.74) is 0. The normalized spacial score (nSPS) is 13.6. The summed E-state index contributed by atoms with van der Waals surface area (Å²) in [7, 11) is -3.54. The van der Waals surface area contributed by atoms with Crippen LogP contribution in [0.3, 0.4) is 0 Å². The first-order chi connectivity index (χ1) is 10.1. The van der Waals surface area contributed by atoms with Gasteiger partial charge in [0, 0.05) is 16.1 Å². The van der Waals surface area contributed by atoms with E-state index < -0.39 is 16.1 Å². The molecule has 0 aliphatic rings. The zero-order valence-electron chi connectivity index (χ0n) is 10.9. The number of nitrogens with one attached hydrogen (secondary N) is 1. The maximum absolute atomic E-state index is 12.0. The van der Waals surface area contributed by atoms with Gasteiger partial charge in [-0.25, -0.2) is 13.1 Å². The SMILES string of the molecule is O=S(=O)(NC[C@@H](O)c1cc2ccccc2s1)c1cccs1. The van der Waals surface area contributed by atoms with E-state index in [0.29, 0.717) is 0 Å². The lowest BCUT2D eigenvalue weighted by Gasteiger charge is -2.09. The minimum Gasteiger partial charge on any atom is -0.386 e. The number of benzene rings is 1. The van der Waals surface area contributed by atoms with Crippen LogP contribution in [0, 0.1) is 0 Å². The van der Waals surface area contributed by atoms with Gasteiger partial charge >= 0.3 is 0 Å². The molecule has 2 heterocycles. The highest BCUT2D eigenvalue weighted by Gasteiger charge is 2.18. The second-order valence-corrected chi connectivity index (χ2v) is 8.54. The fraction of sp³-hybridized carbons (Fsp3) is 0.143. The van der Waals surface area contributed by atoms with Gasteiger partial charge < -0.3 is 5.11 Å². The summed E-state index contributed by atoms with van der Waals surface area (Å²) in [6.07, 6.45) is -0.850. The third-order valence-corrected chi connectivity index (χ3v) is 7.04. The van der Waals surface area contributed by atoms with Gasteiger partial charge in [0.05, 0.1) is 0 Å². The molecular formula is C14H13NO3S3. The molecule has 0 bridgehead atoms. The molecule has 0 unspecified atom stereocenters. The molecule has 7 heteroatoms. The zero-order chi connectivity index (χ0) is 14.9. The molecule has 0 amide bonds. The average molecular weight is 339 g/mol. The molecule has 3 aromatic rings. The molecule has 0 spiro atoms. The maximum atomic E-state index is 12.0. The van der Waals surface area contributed by atoms with E-state index in [1.807, 2.05) is 30.3 Å². The highest BCUT2D eigenvalue weighted by molar-refractivity contribution is 7.91. The van der Waals surface area contributed by atoms with Crippen LogP contribution in [0.2, 0.25) is 0 Å². The monoisotopic (exact) mass is 339 g/mol. The number of aliphatic hydroxyl groups excluding tert-OH is 1. The molecule has 0 radical (unpaired) electrons. The maximum Gasteiger partial charge on any atom is 0.250 e. The number of rotatable bonds is 5. The summed E-state index contributed by atoms with van der Waals surface area (Å²) < 4.78 is 27.8. The number of hydrogen-bond acceptors (Lipinski definition) is 5. The van der Waals surface area contributed by atoms with E-state index in [0.717, 1.165) is 26.3 Å². The van der Waals surface area contributed by atoms with Crippen molar-refractivity contribution in [2.45, 2.75) is 10.3 Å². The number of fused-ring (bicyclic) bond motifs is 1. The van der Waals surface area contributed by atoms with Crippen LogP contribution in [0.25, 0.3) is 10.1 Å². The third kappa shape index (κ3) is 3.17. The predicted molar refractivity (Wildman–Crippen MR) is 86.3 cm³/mol. The summed E-state index contributed by atoms with van der Waals surface area (Å²) >= 11 is 2.62. The number of thiophene rings is 2. The summed E-state index contributed by atoms with van der Waals surface area (Å²) in [6, 6.07) is 12.9. The summed E-state index contributed by atoms with van der Waals surface area (Å²) in [6.45, 7) is -0.0347. The Morgan fingerprint density at radius 2 is 2.00 bits per heavy atom. The summed E-state index contributed by atoms with van der Waals surface area (Å²) in [5, 5.41) is 12.9. The van der Waals surface area contributed by atoms with Crippen molar-refractivity contribution in [1.29, 1.82) is 0 Å². The Bertz CT molecular complexity index is 804. The van der Waals surface area contributed by atoms with Gasteiger partial charge in [-0.2, -0.15) is 0 Å². The van der Waals surface area contributed by atoms with Gasteiger partial charge in [-0.15, -0.1) is 22.7 Å². The van der Waals surface area contributed by atoms with Gasteiger partial charge in [0.15, 0.2) is 0 Å². The Labute approximate surface area is 130 Å². The second-order valence-electron chi connectivity index (χ2n) is 4.49. The quantitative estimate of drug-likeness (QED) is 0.751. The lowest BCUT2D eigenvalue weighted by Crippen LogP contribution is -2.27. The summed E-state index contributed by atoms with van der Waals surface area (Å²) in [4.78, 5) is 0.755. The number of hydrogen-bond donors (Lipinski definition) is 2. The molecule has 1 aromatic carbocycles. The van der Waals surface area contributed by atoms with E-state index in [2.05, 4.69) is 4.72 Å². The van der Waals surface area contributed by atoms with Crippen molar-refractivity contribution in [2.75, 3.05) is 6.54 Å². The van der Waals surface area contributed by atoms with Crippen molar-refractivity contribution in [3.05, 3.63) is 52.7 Å². The number of aliphatic hydroxyl groups is 1. The Morgan fingerprint density at radius 3 is 2.71 bits per heavy atom. The molecular weight excluding hydrogens is 326 g/mol. The van der Waals surface area contributed by atoms with E-state index in [1.54, 1.807) is 17.5 Å². The van der Waals surface area contributed by atoms with Crippen molar-refractivity contribution in [1.82, 2.24) is 4.72 Å². The van der Waals surface area contributed by atoms with Crippen molar-refractivity contribution < 1.29 is 13.5 Å². The smallest absolute Gasteiger partial charge is 0.250 e. The first-order valence-electron chi connectivity index (χ1n) is 6.26. The fourth-order valence-electron chi connectivity index (χ4n) is 1.94. The topological polar surface area (TPSA) is 66.4 Å². The van der Waals surface area contributed by atoms with Gasteiger partial charge in [0.1, 0.15) is 10.3 Å². The van der Waals surface area contributed by atoms with Crippen molar-refractivity contribution in [3.8, 4) is 0 Å². The van der Waals surface area contributed by atoms with E-state index in [-0.39, 0.29) is 10.8 Å². The third-order valence-electron chi connectivity index (χ3n) is 3.00. The molecule has 0 fully saturated rings. The van der Waals surface area contributed by atoms with Crippen molar-refractivity contribution in [2.24, 2.45) is 0 Å². The van der Waals surface area contributed by atoms with Crippen LogP contribution >= 0.6 is 22.7 Å². The molecule has 1 atom stereocenters. The first kappa shape index (κ1) is 14.7. The van der Waals surface area contributed by atoms with Crippen LogP contribution in [0.1, 0.15) is 11.0 Å². The van der Waals surface area contributed by atoms with Crippen LogP contribution in [0.4, 0.5) is 0 Å². The Morgan fingerprint density at radius 1 is 1.19 bits per heavy atom. The van der Waals surface area contributed by atoms with Crippen LogP contribution in [0.5, 0.6) is 0 Å². The molecule has 4 nitrogen and oxygen atoms in total. The van der Waals surface area contributed by atoms with Crippen molar-refractivity contribution in [3.63, 3.8) is 0 Å². The highest BCUT2D eigenvalue weighted by atomic mass is 32.2. The molecule has 110 valence electrons. The van der Waals surface area contributed by atoms with Crippen LogP contribution < -0.4 is 4.72 Å². The van der Waals surface area contributed by atoms with Gasteiger partial charge in [0.2, 0.25) is 10.0 Å². The average Bonchev–Trinajstić information content (AvgIpc) is 3.13. The Kier molecular flexibility index (Phi) is 4.10. The predicted octanol–water partition coefficient (Wildman–Crippen LogP) is 2.97. The zero-order valence-corrected chi connectivity index (χ0v) is 13.3. The fourth-order valence-corrected chi connectivity index (χ4v) is 5.07. The molecule has 0 aliphatic heterocycles. The lowest BCUT2D eigenvalue weighted by atomic mass is 10.2. The minimum atomic E-state index is -3.54. The van der Waals surface area contributed by atoms with Gasteiger partial charge in [-0.3, -0.25) is 0 Å². The van der Waals surface area contributed by atoms with Crippen LogP contribution in [0.15, 0.2) is 52.1 Å². The number of sulfonamides is 1. The molecule has 2 aromatic heterocycles.